The third kappa shape index (κ3) is 3.53. The van der Waals surface area contributed by atoms with Crippen molar-refractivity contribution in [2.75, 3.05) is 0 Å². The summed E-state index contributed by atoms with van der Waals surface area (Å²) in [5.41, 5.74) is 4.78. The number of nitrogens with zero attached hydrogens (tertiary/aromatic N) is 5. The van der Waals surface area contributed by atoms with Gasteiger partial charge in [-0.1, -0.05) is 17.7 Å². The Morgan fingerprint density at radius 1 is 0.941 bits per heavy atom. The van der Waals surface area contributed by atoms with Gasteiger partial charge in [0.1, 0.15) is 11.2 Å². The van der Waals surface area contributed by atoms with Crippen LogP contribution in [0.4, 0.5) is 0 Å². The van der Waals surface area contributed by atoms with Gasteiger partial charge in [0.25, 0.3) is 5.56 Å². The van der Waals surface area contributed by atoms with Gasteiger partial charge in [-0.05, 0) is 48.9 Å². The lowest BCUT2D eigenvalue weighted by Crippen LogP contribution is -2.11. The molecule has 0 aliphatic rings. The number of fused-ring (bicyclic) bond motifs is 2. The van der Waals surface area contributed by atoms with E-state index in [9.17, 15) is 4.79 Å². The van der Waals surface area contributed by atoms with E-state index in [0.29, 0.717) is 33.1 Å². The summed E-state index contributed by atoms with van der Waals surface area (Å²) in [5, 5.41) is 2.34. The highest BCUT2D eigenvalue weighted by Crippen LogP contribution is 2.36. The number of hydrogen-bond acceptors (Lipinski definition) is 7. The van der Waals surface area contributed by atoms with E-state index in [-0.39, 0.29) is 5.56 Å². The molecule has 0 saturated carbocycles. The average Bonchev–Trinajstić information content (AvgIpc) is 3.29. The van der Waals surface area contributed by atoms with E-state index in [1.54, 1.807) is 43.0 Å². The third-order valence-electron chi connectivity index (χ3n) is 5.46. The molecule has 0 unspecified atom stereocenters. The zero-order valence-corrected chi connectivity index (χ0v) is 19.4. The third-order valence-corrected chi connectivity index (χ3v) is 6.67. The average molecular weight is 483 g/mol. The number of halogens is 1. The van der Waals surface area contributed by atoms with Crippen LogP contribution in [0.3, 0.4) is 0 Å². The van der Waals surface area contributed by atoms with E-state index in [0.717, 1.165) is 31.9 Å². The van der Waals surface area contributed by atoms with E-state index < -0.39 is 0 Å². The van der Waals surface area contributed by atoms with Crippen LogP contribution in [0, 0.1) is 6.92 Å². The maximum atomic E-state index is 12.9. The first kappa shape index (κ1) is 20.6. The molecule has 0 spiro atoms. The molecule has 34 heavy (non-hydrogen) atoms. The highest BCUT2D eigenvalue weighted by atomic mass is 35.5. The number of rotatable bonds is 3. The molecule has 1 aromatic carbocycles. The molecule has 0 fully saturated rings. The SMILES string of the molecule is Cc1ncc(-c2nc3[nH]c(=O)c(-c4ccncc4)cc3nc2-c2cc(Cl)c3ncccc3c2)s1. The van der Waals surface area contributed by atoms with Crippen LogP contribution in [0.2, 0.25) is 5.02 Å². The van der Waals surface area contributed by atoms with Crippen molar-refractivity contribution >= 4 is 45.0 Å². The van der Waals surface area contributed by atoms with E-state index in [1.165, 1.54) is 11.3 Å². The molecule has 9 heteroatoms. The molecule has 1 N–H and O–H groups in total. The first-order chi connectivity index (χ1) is 16.6. The van der Waals surface area contributed by atoms with Crippen molar-refractivity contribution in [1.29, 1.82) is 0 Å². The number of nitrogens with one attached hydrogen (secondary N) is 1. The largest absolute Gasteiger partial charge is 0.305 e. The Labute approximate surface area is 202 Å². The molecule has 0 aliphatic carbocycles. The number of H-pyrrole nitrogens is 1. The number of aromatic nitrogens is 6. The Morgan fingerprint density at radius 2 is 1.79 bits per heavy atom. The molecule has 0 radical (unpaired) electrons. The van der Waals surface area contributed by atoms with Crippen molar-refractivity contribution in [1.82, 2.24) is 29.9 Å². The van der Waals surface area contributed by atoms with Gasteiger partial charge in [-0.3, -0.25) is 14.8 Å². The van der Waals surface area contributed by atoms with Crippen molar-refractivity contribution in [3.8, 4) is 33.0 Å². The Balaban J connectivity index is 1.65. The zero-order chi connectivity index (χ0) is 23.2. The van der Waals surface area contributed by atoms with Crippen LogP contribution in [0.5, 0.6) is 0 Å². The molecular formula is C25H15ClN6OS. The molecule has 0 amide bonds. The number of aromatic amines is 1. The molecule has 5 aromatic heterocycles. The Morgan fingerprint density at radius 3 is 2.59 bits per heavy atom. The number of thiazole rings is 1. The molecule has 0 aliphatic heterocycles. The molecule has 164 valence electrons. The minimum absolute atomic E-state index is 0.244. The molecule has 6 rings (SSSR count). The van der Waals surface area contributed by atoms with E-state index in [4.69, 9.17) is 21.6 Å². The standard InChI is InChI=1S/C25H15ClN6OS/c1-13-29-12-20(34-13)23-22(16-9-15-3-2-6-28-21(15)18(26)10-16)30-19-11-17(14-4-7-27-8-5-14)25(33)32-24(19)31-23/h2-12H,1H3,(H,31,32,33). The van der Waals surface area contributed by atoms with Gasteiger partial charge in [0.15, 0.2) is 5.65 Å². The first-order valence-corrected chi connectivity index (χ1v) is 11.6. The maximum Gasteiger partial charge on any atom is 0.257 e. The van der Waals surface area contributed by atoms with Gasteiger partial charge in [0.05, 0.1) is 26.1 Å². The van der Waals surface area contributed by atoms with Crippen molar-refractivity contribution in [3.63, 3.8) is 0 Å². The fourth-order valence-corrected chi connectivity index (χ4v) is 4.94. The van der Waals surface area contributed by atoms with Crippen LogP contribution >= 0.6 is 22.9 Å². The van der Waals surface area contributed by atoms with Gasteiger partial charge in [-0.2, -0.15) is 0 Å². The number of aryl methyl sites for hydroxylation is 1. The first-order valence-electron chi connectivity index (χ1n) is 10.4. The molecule has 0 saturated heterocycles. The normalized spacial score (nSPS) is 11.4. The van der Waals surface area contributed by atoms with Gasteiger partial charge in [-0.15, -0.1) is 11.3 Å². The minimum atomic E-state index is -0.244. The van der Waals surface area contributed by atoms with E-state index in [2.05, 4.69) is 19.9 Å². The summed E-state index contributed by atoms with van der Waals surface area (Å²) in [4.78, 5) is 39.2. The summed E-state index contributed by atoms with van der Waals surface area (Å²) in [6, 6.07) is 13.0. The lowest BCUT2D eigenvalue weighted by atomic mass is 10.0. The zero-order valence-electron chi connectivity index (χ0n) is 17.8. The highest BCUT2D eigenvalue weighted by Gasteiger charge is 2.18. The summed E-state index contributed by atoms with van der Waals surface area (Å²) in [7, 11) is 0. The predicted molar refractivity (Wildman–Crippen MR) is 135 cm³/mol. The monoisotopic (exact) mass is 482 g/mol. The summed E-state index contributed by atoms with van der Waals surface area (Å²) in [5.74, 6) is 0. The quantitative estimate of drug-likeness (QED) is 0.348. The highest BCUT2D eigenvalue weighted by molar-refractivity contribution is 7.15. The van der Waals surface area contributed by atoms with Crippen LogP contribution in [-0.4, -0.2) is 29.9 Å². The lowest BCUT2D eigenvalue weighted by Gasteiger charge is -2.11. The Bertz CT molecular complexity index is 1760. The summed E-state index contributed by atoms with van der Waals surface area (Å²) < 4.78 is 0. The van der Waals surface area contributed by atoms with Crippen LogP contribution in [0.1, 0.15) is 5.01 Å². The van der Waals surface area contributed by atoms with Gasteiger partial charge in [-0.25, -0.2) is 15.0 Å². The second kappa shape index (κ2) is 8.09. The second-order valence-electron chi connectivity index (χ2n) is 7.68. The topological polar surface area (TPSA) is 97.3 Å². The van der Waals surface area contributed by atoms with Crippen molar-refractivity contribution < 1.29 is 0 Å². The van der Waals surface area contributed by atoms with Crippen LogP contribution in [0.25, 0.3) is 55.0 Å². The Hall–Kier alpha value is -4.01. The Kier molecular flexibility index (Phi) is 4.90. The van der Waals surface area contributed by atoms with Crippen molar-refractivity contribution in [3.05, 3.63) is 87.6 Å². The molecule has 5 heterocycles. The molecule has 0 bridgehead atoms. The number of benzene rings is 1. The lowest BCUT2D eigenvalue weighted by molar-refractivity contribution is 1.19. The number of pyridine rings is 3. The fraction of sp³-hybridized carbons (Fsp3) is 0.0400. The minimum Gasteiger partial charge on any atom is -0.305 e. The molecule has 6 aromatic rings. The summed E-state index contributed by atoms with van der Waals surface area (Å²) >= 11 is 8.10. The van der Waals surface area contributed by atoms with Crippen molar-refractivity contribution in [2.45, 2.75) is 6.92 Å². The van der Waals surface area contributed by atoms with E-state index >= 15 is 0 Å². The maximum absolute atomic E-state index is 12.9. The van der Waals surface area contributed by atoms with Crippen molar-refractivity contribution in [2.24, 2.45) is 0 Å². The summed E-state index contributed by atoms with van der Waals surface area (Å²) in [6.07, 6.45) is 6.78. The molecule has 0 atom stereocenters. The predicted octanol–water partition coefficient (Wildman–Crippen LogP) is 5.68. The van der Waals surface area contributed by atoms with Crippen LogP contribution in [-0.2, 0) is 0 Å². The fourth-order valence-electron chi connectivity index (χ4n) is 3.89. The smallest absolute Gasteiger partial charge is 0.257 e. The number of hydrogen-bond donors (Lipinski definition) is 1. The van der Waals surface area contributed by atoms with Crippen LogP contribution < -0.4 is 5.56 Å². The van der Waals surface area contributed by atoms with Gasteiger partial charge >= 0.3 is 0 Å². The van der Waals surface area contributed by atoms with E-state index in [1.807, 2.05) is 31.2 Å². The van der Waals surface area contributed by atoms with Gasteiger partial charge < -0.3 is 4.98 Å². The van der Waals surface area contributed by atoms with Gasteiger partial charge in [0, 0.05) is 41.3 Å². The summed E-state index contributed by atoms with van der Waals surface area (Å²) in [6.45, 7) is 1.93. The van der Waals surface area contributed by atoms with Gasteiger partial charge in [0.2, 0.25) is 0 Å². The van der Waals surface area contributed by atoms with Crippen LogP contribution in [0.15, 0.2) is 72.0 Å². The molecular weight excluding hydrogens is 468 g/mol. The molecule has 7 nitrogen and oxygen atoms in total. The second-order valence-corrected chi connectivity index (χ2v) is 9.32.